The number of thioether (sulfide) groups is 2. The molecule has 0 atom stereocenters. The van der Waals surface area contributed by atoms with E-state index in [-0.39, 0.29) is 11.7 Å². The average Bonchev–Trinajstić information content (AvgIpc) is 3.18. The number of aromatic nitrogens is 3. The van der Waals surface area contributed by atoms with Gasteiger partial charge in [0, 0.05) is 28.4 Å². The molecule has 0 unspecified atom stereocenters. The van der Waals surface area contributed by atoms with Crippen molar-refractivity contribution in [3.63, 3.8) is 0 Å². The number of hydrogen-bond acceptors (Lipinski definition) is 8. The fourth-order valence-electron chi connectivity index (χ4n) is 3.09. The van der Waals surface area contributed by atoms with Crippen molar-refractivity contribution in [2.45, 2.75) is 29.1 Å². The maximum atomic E-state index is 12.4. The number of thiazole rings is 1. The van der Waals surface area contributed by atoms with Crippen LogP contribution in [0.3, 0.4) is 0 Å². The van der Waals surface area contributed by atoms with E-state index in [2.05, 4.69) is 21.4 Å². The summed E-state index contributed by atoms with van der Waals surface area (Å²) >= 11 is 4.63. The molecule has 0 saturated carbocycles. The topological polar surface area (TPSA) is 77.0 Å². The van der Waals surface area contributed by atoms with E-state index in [9.17, 15) is 4.79 Å². The zero-order valence-corrected chi connectivity index (χ0v) is 20.4. The van der Waals surface area contributed by atoms with Gasteiger partial charge in [-0.1, -0.05) is 41.7 Å². The number of carbonyl (C=O) groups excluding carboxylic acids is 1. The van der Waals surface area contributed by atoms with E-state index < -0.39 is 0 Å². The molecule has 2 heterocycles. The standard InChI is InChI=1S/C23H22N4O2S3/c1-14-10-15(2)25-22(24-14)30-13-21(28)26-17-8-9-18-20(11-17)32-23(27-18)31-12-16-6-4-5-7-19(16)29-3/h4-11H,12-13H2,1-3H3,(H,26,28). The fourth-order valence-corrected chi connectivity index (χ4v) is 5.94. The molecule has 0 fully saturated rings. The highest BCUT2D eigenvalue weighted by atomic mass is 32.2. The number of carbonyl (C=O) groups is 1. The number of para-hydroxylation sites is 1. The highest BCUT2D eigenvalue weighted by Crippen LogP contribution is 2.34. The number of methoxy groups -OCH3 is 1. The lowest BCUT2D eigenvalue weighted by atomic mass is 10.2. The number of aryl methyl sites for hydroxylation is 2. The molecule has 0 aliphatic heterocycles. The average molecular weight is 483 g/mol. The third kappa shape index (κ3) is 5.79. The SMILES string of the molecule is COc1ccccc1CSc1nc2ccc(NC(=O)CSc3nc(C)cc(C)n3)cc2s1. The van der Waals surface area contributed by atoms with Crippen LogP contribution >= 0.6 is 34.9 Å². The minimum atomic E-state index is -0.0904. The van der Waals surface area contributed by atoms with Crippen LogP contribution in [0.2, 0.25) is 0 Å². The maximum absolute atomic E-state index is 12.4. The summed E-state index contributed by atoms with van der Waals surface area (Å²) in [7, 11) is 1.68. The lowest BCUT2D eigenvalue weighted by Crippen LogP contribution is -2.14. The summed E-state index contributed by atoms with van der Waals surface area (Å²) < 4.78 is 7.45. The second-order valence-electron chi connectivity index (χ2n) is 7.03. The van der Waals surface area contributed by atoms with Crippen molar-refractivity contribution in [2.24, 2.45) is 0 Å². The summed E-state index contributed by atoms with van der Waals surface area (Å²) in [4.78, 5) is 25.8. The Morgan fingerprint density at radius 1 is 1.03 bits per heavy atom. The predicted octanol–water partition coefficient (Wildman–Crippen LogP) is 5.73. The minimum absolute atomic E-state index is 0.0904. The Hall–Kier alpha value is -2.62. The summed E-state index contributed by atoms with van der Waals surface area (Å²) in [6.45, 7) is 3.85. The maximum Gasteiger partial charge on any atom is 0.234 e. The highest BCUT2D eigenvalue weighted by molar-refractivity contribution is 8.00. The zero-order chi connectivity index (χ0) is 22.5. The second-order valence-corrected chi connectivity index (χ2v) is 10.2. The van der Waals surface area contributed by atoms with Gasteiger partial charge in [0.05, 0.1) is 23.1 Å². The molecule has 164 valence electrons. The van der Waals surface area contributed by atoms with Crippen molar-refractivity contribution in [3.05, 3.63) is 65.5 Å². The number of amides is 1. The van der Waals surface area contributed by atoms with Crippen molar-refractivity contribution in [1.82, 2.24) is 15.0 Å². The van der Waals surface area contributed by atoms with E-state index in [1.165, 1.54) is 11.8 Å². The third-order valence-electron chi connectivity index (χ3n) is 4.49. The largest absolute Gasteiger partial charge is 0.496 e. The molecule has 0 saturated heterocycles. The van der Waals surface area contributed by atoms with Gasteiger partial charge in [-0.05, 0) is 44.2 Å². The highest BCUT2D eigenvalue weighted by Gasteiger charge is 2.10. The van der Waals surface area contributed by atoms with Gasteiger partial charge in [-0.25, -0.2) is 15.0 Å². The van der Waals surface area contributed by atoms with Crippen LogP contribution in [-0.2, 0) is 10.5 Å². The molecule has 0 bridgehead atoms. The monoisotopic (exact) mass is 482 g/mol. The van der Waals surface area contributed by atoms with Crippen LogP contribution in [0.5, 0.6) is 5.75 Å². The Bertz CT molecular complexity index is 1240. The fraction of sp³-hybridized carbons (Fsp3) is 0.217. The summed E-state index contributed by atoms with van der Waals surface area (Å²) in [5, 5.41) is 3.57. The van der Waals surface area contributed by atoms with Gasteiger partial charge in [0.2, 0.25) is 5.91 Å². The Morgan fingerprint density at radius 3 is 2.59 bits per heavy atom. The number of anilines is 1. The van der Waals surface area contributed by atoms with Crippen LogP contribution in [-0.4, -0.2) is 33.7 Å². The van der Waals surface area contributed by atoms with Crippen LogP contribution in [0.15, 0.2) is 58.0 Å². The molecular formula is C23H22N4O2S3. The quantitative estimate of drug-likeness (QED) is 0.254. The summed E-state index contributed by atoms with van der Waals surface area (Å²) in [5.74, 6) is 1.83. The van der Waals surface area contributed by atoms with Gasteiger partial charge in [0.25, 0.3) is 0 Å². The third-order valence-corrected chi connectivity index (χ3v) is 7.55. The van der Waals surface area contributed by atoms with Crippen molar-refractivity contribution in [1.29, 1.82) is 0 Å². The second kappa shape index (κ2) is 10.3. The number of hydrogen-bond donors (Lipinski definition) is 1. The zero-order valence-electron chi connectivity index (χ0n) is 17.9. The van der Waals surface area contributed by atoms with Gasteiger partial charge in [-0.15, -0.1) is 11.3 Å². The molecule has 1 N–H and O–H groups in total. The van der Waals surface area contributed by atoms with Gasteiger partial charge in [0.1, 0.15) is 5.75 Å². The molecule has 32 heavy (non-hydrogen) atoms. The van der Waals surface area contributed by atoms with Gasteiger partial charge < -0.3 is 10.1 Å². The molecule has 4 rings (SSSR count). The first-order valence-electron chi connectivity index (χ1n) is 9.90. The van der Waals surface area contributed by atoms with Crippen molar-refractivity contribution >= 4 is 56.7 Å². The van der Waals surface area contributed by atoms with Crippen LogP contribution in [0, 0.1) is 13.8 Å². The molecule has 9 heteroatoms. The minimum Gasteiger partial charge on any atom is -0.496 e. The Labute approximate surface area is 199 Å². The molecule has 0 spiro atoms. The van der Waals surface area contributed by atoms with Crippen LogP contribution in [0.25, 0.3) is 10.2 Å². The van der Waals surface area contributed by atoms with E-state index in [1.54, 1.807) is 30.2 Å². The Balaban J connectivity index is 1.37. The van der Waals surface area contributed by atoms with Crippen LogP contribution in [0.4, 0.5) is 5.69 Å². The molecular weight excluding hydrogens is 460 g/mol. The van der Waals surface area contributed by atoms with Gasteiger partial charge in [-0.3, -0.25) is 4.79 Å². The number of benzene rings is 2. The molecule has 6 nitrogen and oxygen atoms in total. The lowest BCUT2D eigenvalue weighted by Gasteiger charge is -2.06. The predicted molar refractivity (Wildman–Crippen MR) is 133 cm³/mol. The first kappa shape index (κ1) is 22.6. The molecule has 1 amide bonds. The summed E-state index contributed by atoms with van der Waals surface area (Å²) in [5.41, 5.74) is 4.62. The molecule has 0 radical (unpaired) electrons. The molecule has 2 aromatic carbocycles. The van der Waals surface area contributed by atoms with Crippen molar-refractivity contribution in [2.75, 3.05) is 18.2 Å². The van der Waals surface area contributed by atoms with E-state index in [1.807, 2.05) is 56.3 Å². The van der Waals surface area contributed by atoms with Gasteiger partial charge in [-0.2, -0.15) is 0 Å². The Morgan fingerprint density at radius 2 is 1.81 bits per heavy atom. The number of nitrogens with zero attached hydrogens (tertiary/aromatic N) is 3. The van der Waals surface area contributed by atoms with E-state index >= 15 is 0 Å². The van der Waals surface area contributed by atoms with Gasteiger partial charge >= 0.3 is 0 Å². The van der Waals surface area contributed by atoms with Crippen molar-refractivity contribution in [3.8, 4) is 5.75 Å². The molecule has 2 aromatic heterocycles. The molecule has 4 aromatic rings. The Kier molecular flexibility index (Phi) is 7.29. The first-order chi connectivity index (χ1) is 15.5. The molecule has 0 aliphatic carbocycles. The van der Waals surface area contributed by atoms with Crippen molar-refractivity contribution < 1.29 is 9.53 Å². The number of nitrogens with one attached hydrogen (secondary N) is 1. The van der Waals surface area contributed by atoms with Crippen LogP contribution in [0.1, 0.15) is 17.0 Å². The lowest BCUT2D eigenvalue weighted by molar-refractivity contribution is -0.113. The number of fused-ring (bicyclic) bond motifs is 1. The van der Waals surface area contributed by atoms with Crippen LogP contribution < -0.4 is 10.1 Å². The first-order valence-corrected chi connectivity index (χ1v) is 12.7. The molecule has 0 aliphatic rings. The number of rotatable bonds is 8. The smallest absolute Gasteiger partial charge is 0.234 e. The van der Waals surface area contributed by atoms with E-state index in [4.69, 9.17) is 9.72 Å². The number of ether oxygens (including phenoxy) is 1. The normalized spacial score (nSPS) is 11.0. The van der Waals surface area contributed by atoms with Gasteiger partial charge in [0.15, 0.2) is 9.50 Å². The van der Waals surface area contributed by atoms with E-state index in [0.717, 1.165) is 48.7 Å². The summed E-state index contributed by atoms with van der Waals surface area (Å²) in [6, 6.07) is 15.7. The van der Waals surface area contributed by atoms with E-state index in [0.29, 0.717) is 5.16 Å². The summed E-state index contributed by atoms with van der Waals surface area (Å²) in [6.07, 6.45) is 0.